The summed E-state index contributed by atoms with van der Waals surface area (Å²) in [5.41, 5.74) is 1.34. The summed E-state index contributed by atoms with van der Waals surface area (Å²) >= 11 is 0. The predicted octanol–water partition coefficient (Wildman–Crippen LogP) is 2.76. The molecule has 5 heteroatoms. The van der Waals surface area contributed by atoms with E-state index < -0.39 is 10.0 Å². The van der Waals surface area contributed by atoms with Gasteiger partial charge in [-0.25, -0.2) is 8.42 Å². The molecule has 92 valence electrons. The maximum absolute atomic E-state index is 11.1. The van der Waals surface area contributed by atoms with E-state index in [4.69, 9.17) is 4.42 Å². The largest absolute Gasteiger partial charge is 0.461 e. The van der Waals surface area contributed by atoms with Gasteiger partial charge in [-0.3, -0.25) is 4.72 Å². The molecule has 0 bridgehead atoms. The van der Waals surface area contributed by atoms with Crippen molar-refractivity contribution in [3.63, 3.8) is 0 Å². The van der Waals surface area contributed by atoms with E-state index in [1.807, 2.05) is 6.07 Å². The number of hydrogen-bond donors (Lipinski definition) is 1. The van der Waals surface area contributed by atoms with Crippen LogP contribution in [0.3, 0.4) is 0 Å². The van der Waals surface area contributed by atoms with Gasteiger partial charge >= 0.3 is 0 Å². The number of rotatable bonds is 4. The van der Waals surface area contributed by atoms with Crippen LogP contribution in [0.4, 0.5) is 5.69 Å². The molecule has 0 amide bonds. The van der Waals surface area contributed by atoms with Gasteiger partial charge in [-0.2, -0.15) is 0 Å². The molecule has 2 aromatic rings. The Balaban J connectivity index is 2.36. The number of sulfonamides is 1. The third kappa shape index (κ3) is 3.00. The van der Waals surface area contributed by atoms with Gasteiger partial charge < -0.3 is 4.42 Å². The molecule has 0 aliphatic heterocycles. The topological polar surface area (TPSA) is 59.3 Å². The van der Waals surface area contributed by atoms with Gasteiger partial charge in [0.15, 0.2) is 0 Å². The minimum Gasteiger partial charge on any atom is -0.461 e. The van der Waals surface area contributed by atoms with Crippen molar-refractivity contribution < 1.29 is 12.8 Å². The van der Waals surface area contributed by atoms with Gasteiger partial charge in [0.2, 0.25) is 10.0 Å². The summed E-state index contributed by atoms with van der Waals surface area (Å²) in [6.45, 7) is 2.09. The lowest BCUT2D eigenvalue weighted by Crippen LogP contribution is -2.09. The van der Waals surface area contributed by atoms with Crippen LogP contribution in [0, 0.1) is 0 Å². The zero-order valence-corrected chi connectivity index (χ0v) is 10.7. The first kappa shape index (κ1) is 12.0. The molecule has 1 heterocycles. The van der Waals surface area contributed by atoms with Crippen LogP contribution in [0.1, 0.15) is 19.1 Å². The summed E-state index contributed by atoms with van der Waals surface area (Å²) in [5, 5.41) is 0.919. The van der Waals surface area contributed by atoms with Gasteiger partial charge in [-0.1, -0.05) is 6.92 Å². The average molecular weight is 253 g/mol. The van der Waals surface area contributed by atoms with Crippen LogP contribution >= 0.6 is 0 Å². The van der Waals surface area contributed by atoms with E-state index >= 15 is 0 Å². The van der Waals surface area contributed by atoms with E-state index in [0.29, 0.717) is 5.69 Å². The molecule has 0 unspecified atom stereocenters. The van der Waals surface area contributed by atoms with Crippen molar-refractivity contribution in [3.05, 3.63) is 30.0 Å². The molecule has 0 atom stereocenters. The van der Waals surface area contributed by atoms with E-state index in [-0.39, 0.29) is 0 Å². The number of nitrogens with one attached hydrogen (secondary N) is 1. The zero-order chi connectivity index (χ0) is 12.5. The van der Waals surface area contributed by atoms with E-state index in [1.165, 1.54) is 0 Å². The van der Waals surface area contributed by atoms with Crippen molar-refractivity contribution in [1.29, 1.82) is 0 Å². The number of fused-ring (bicyclic) bond motifs is 1. The fourth-order valence-corrected chi connectivity index (χ4v) is 2.30. The third-order valence-corrected chi connectivity index (χ3v) is 2.97. The monoisotopic (exact) mass is 253 g/mol. The maximum Gasteiger partial charge on any atom is 0.229 e. The number of benzene rings is 1. The fraction of sp³-hybridized carbons (Fsp3) is 0.333. The highest BCUT2D eigenvalue weighted by atomic mass is 32.2. The Morgan fingerprint density at radius 3 is 2.71 bits per heavy atom. The summed E-state index contributed by atoms with van der Waals surface area (Å²) in [5.74, 6) is 0.930. The van der Waals surface area contributed by atoms with Gasteiger partial charge in [-0.05, 0) is 30.7 Å². The molecule has 0 radical (unpaired) electrons. The van der Waals surface area contributed by atoms with Crippen molar-refractivity contribution >= 4 is 26.7 Å². The van der Waals surface area contributed by atoms with Crippen LogP contribution in [-0.2, 0) is 16.4 Å². The molecule has 1 aromatic heterocycles. The summed E-state index contributed by atoms with van der Waals surface area (Å²) in [4.78, 5) is 0. The van der Waals surface area contributed by atoms with Crippen LogP contribution in [0.5, 0.6) is 0 Å². The number of anilines is 1. The maximum atomic E-state index is 11.1. The van der Waals surface area contributed by atoms with Gasteiger partial charge in [-0.15, -0.1) is 0 Å². The molecule has 0 saturated carbocycles. The van der Waals surface area contributed by atoms with Crippen LogP contribution in [0.2, 0.25) is 0 Å². The molecular formula is C12H15NO3S. The molecular weight excluding hydrogens is 238 g/mol. The second-order valence-electron chi connectivity index (χ2n) is 4.09. The predicted molar refractivity (Wildman–Crippen MR) is 68.7 cm³/mol. The van der Waals surface area contributed by atoms with Gasteiger partial charge in [0.25, 0.3) is 0 Å². The summed E-state index contributed by atoms with van der Waals surface area (Å²) in [6, 6.07) is 7.20. The number of hydrogen-bond acceptors (Lipinski definition) is 3. The average Bonchev–Trinajstić information content (AvgIpc) is 2.57. The fourth-order valence-electron chi connectivity index (χ4n) is 1.75. The van der Waals surface area contributed by atoms with Gasteiger partial charge in [0, 0.05) is 17.5 Å². The lowest BCUT2D eigenvalue weighted by atomic mass is 10.2. The van der Waals surface area contributed by atoms with E-state index in [1.54, 1.807) is 18.2 Å². The van der Waals surface area contributed by atoms with Gasteiger partial charge in [0.05, 0.1) is 6.26 Å². The minimum atomic E-state index is -3.23. The van der Waals surface area contributed by atoms with E-state index in [2.05, 4.69) is 11.6 Å². The summed E-state index contributed by atoms with van der Waals surface area (Å²) in [6.07, 6.45) is 3.05. The van der Waals surface area contributed by atoms with E-state index in [9.17, 15) is 8.42 Å². The molecule has 0 aliphatic rings. The van der Waals surface area contributed by atoms with Crippen molar-refractivity contribution in [3.8, 4) is 0 Å². The van der Waals surface area contributed by atoms with Crippen LogP contribution in [0.25, 0.3) is 11.0 Å². The lowest BCUT2D eigenvalue weighted by Gasteiger charge is -2.02. The van der Waals surface area contributed by atoms with Crippen molar-refractivity contribution in [1.82, 2.24) is 0 Å². The quantitative estimate of drug-likeness (QED) is 0.911. The Labute approximate surface area is 101 Å². The molecule has 0 fully saturated rings. The molecule has 0 saturated heterocycles. The lowest BCUT2D eigenvalue weighted by molar-refractivity contribution is 0.544. The standard InChI is InChI=1S/C12H15NO3S/c1-3-4-11-8-9-7-10(13-17(2,14)15)5-6-12(9)16-11/h5-8,13H,3-4H2,1-2H3. The van der Waals surface area contributed by atoms with Crippen LogP contribution < -0.4 is 4.72 Å². The Kier molecular flexibility index (Phi) is 3.11. The van der Waals surface area contributed by atoms with E-state index in [0.717, 1.165) is 35.8 Å². The van der Waals surface area contributed by atoms with Crippen LogP contribution in [0.15, 0.2) is 28.7 Å². The third-order valence-electron chi connectivity index (χ3n) is 2.37. The Bertz CT molecular complexity index is 628. The Morgan fingerprint density at radius 1 is 1.29 bits per heavy atom. The molecule has 0 spiro atoms. The minimum absolute atomic E-state index is 0.559. The Hall–Kier alpha value is -1.49. The Morgan fingerprint density at radius 2 is 2.06 bits per heavy atom. The molecule has 4 nitrogen and oxygen atoms in total. The first-order chi connectivity index (χ1) is 7.98. The molecule has 1 N–H and O–H groups in total. The van der Waals surface area contributed by atoms with Crippen LogP contribution in [-0.4, -0.2) is 14.7 Å². The number of aryl methyl sites for hydroxylation is 1. The second kappa shape index (κ2) is 4.41. The SMILES string of the molecule is CCCc1cc2cc(NS(C)(=O)=O)ccc2o1. The smallest absolute Gasteiger partial charge is 0.229 e. The normalized spacial score (nSPS) is 11.9. The molecule has 2 rings (SSSR count). The highest BCUT2D eigenvalue weighted by Gasteiger charge is 2.06. The highest BCUT2D eigenvalue weighted by Crippen LogP contribution is 2.24. The number of furan rings is 1. The van der Waals surface area contributed by atoms with Crippen molar-refractivity contribution in [2.24, 2.45) is 0 Å². The van der Waals surface area contributed by atoms with Crippen molar-refractivity contribution in [2.75, 3.05) is 11.0 Å². The summed E-state index contributed by atoms with van der Waals surface area (Å²) < 4.78 is 30.3. The summed E-state index contributed by atoms with van der Waals surface area (Å²) in [7, 11) is -3.23. The van der Waals surface area contributed by atoms with Gasteiger partial charge in [0.1, 0.15) is 11.3 Å². The van der Waals surface area contributed by atoms with Crippen molar-refractivity contribution in [2.45, 2.75) is 19.8 Å². The highest BCUT2D eigenvalue weighted by molar-refractivity contribution is 7.92. The first-order valence-electron chi connectivity index (χ1n) is 5.48. The first-order valence-corrected chi connectivity index (χ1v) is 7.37. The molecule has 0 aliphatic carbocycles. The molecule has 17 heavy (non-hydrogen) atoms. The molecule has 1 aromatic carbocycles. The second-order valence-corrected chi connectivity index (χ2v) is 5.84. The zero-order valence-electron chi connectivity index (χ0n) is 9.86.